The Balaban J connectivity index is 1.91. The van der Waals surface area contributed by atoms with E-state index in [0.29, 0.717) is 15.8 Å². The number of esters is 1. The van der Waals surface area contributed by atoms with Crippen LogP contribution in [0.4, 0.5) is 5.69 Å². The predicted octanol–water partition coefficient (Wildman–Crippen LogP) is 2.53. The minimum absolute atomic E-state index is 0.0352. The largest absolute Gasteiger partial charge is 0.481 e. The predicted molar refractivity (Wildman–Crippen MR) is 121 cm³/mol. The Bertz CT molecular complexity index is 1180. The molecule has 0 spiro atoms. The molecule has 2 N–H and O–H groups in total. The first-order valence-electron chi connectivity index (χ1n) is 8.95. The Morgan fingerprint density at radius 2 is 1.97 bits per heavy atom. The topological polar surface area (TPSA) is 122 Å². The van der Waals surface area contributed by atoms with E-state index >= 15 is 0 Å². The van der Waals surface area contributed by atoms with Crippen molar-refractivity contribution in [3.05, 3.63) is 63.6 Å². The first-order valence-corrected chi connectivity index (χ1v) is 10.2. The molecule has 1 heterocycles. The lowest BCUT2D eigenvalue weighted by atomic mass is 10.1. The van der Waals surface area contributed by atoms with Gasteiger partial charge in [0.15, 0.2) is 11.7 Å². The fourth-order valence-electron chi connectivity index (χ4n) is 2.76. The molecule has 2 aromatic carbocycles. The maximum Gasteiger partial charge on any atom is 0.343 e. The van der Waals surface area contributed by atoms with E-state index in [-0.39, 0.29) is 28.5 Å². The van der Waals surface area contributed by atoms with Crippen LogP contribution >= 0.6 is 28.1 Å². The second-order valence-electron chi connectivity index (χ2n) is 6.37. The number of hydrogen-bond donors (Lipinski definition) is 2. The van der Waals surface area contributed by atoms with Gasteiger partial charge in [0.2, 0.25) is 0 Å². The van der Waals surface area contributed by atoms with Crippen LogP contribution in [0, 0.1) is 0 Å². The van der Waals surface area contributed by atoms with Gasteiger partial charge in [-0.05, 0) is 70.1 Å². The minimum Gasteiger partial charge on any atom is -0.481 e. The lowest BCUT2D eigenvalue weighted by Gasteiger charge is -2.29. The molecule has 9 nitrogen and oxygen atoms in total. The number of carbonyl (C=O) groups is 4. The summed E-state index contributed by atoms with van der Waals surface area (Å²) in [4.78, 5) is 49.0. The highest BCUT2D eigenvalue weighted by molar-refractivity contribution is 9.10. The van der Waals surface area contributed by atoms with Crippen LogP contribution in [0.3, 0.4) is 0 Å². The Kier molecular flexibility index (Phi) is 7.01. The van der Waals surface area contributed by atoms with Crippen LogP contribution in [0.15, 0.2) is 52.5 Å². The van der Waals surface area contributed by atoms with E-state index in [1.54, 1.807) is 18.2 Å². The van der Waals surface area contributed by atoms with Crippen molar-refractivity contribution in [2.45, 2.75) is 0 Å². The quantitative estimate of drug-likeness (QED) is 0.259. The normalized spacial score (nSPS) is 14.9. The van der Waals surface area contributed by atoms with E-state index < -0.39 is 23.8 Å². The van der Waals surface area contributed by atoms with E-state index in [0.717, 1.165) is 4.90 Å². The Morgan fingerprint density at radius 3 is 2.62 bits per heavy atom. The summed E-state index contributed by atoms with van der Waals surface area (Å²) in [5.41, 5.74) is 0.466. The third-order valence-electron chi connectivity index (χ3n) is 4.29. The summed E-state index contributed by atoms with van der Waals surface area (Å²) in [5.74, 6) is -2.74. The molecule has 1 fully saturated rings. The molecule has 11 heteroatoms. The third kappa shape index (κ3) is 5.01. The summed E-state index contributed by atoms with van der Waals surface area (Å²) in [6.45, 7) is -0.280. The Labute approximate surface area is 195 Å². The lowest BCUT2D eigenvalue weighted by molar-refractivity contribution is -0.143. The van der Waals surface area contributed by atoms with Crippen molar-refractivity contribution in [3.63, 3.8) is 0 Å². The van der Waals surface area contributed by atoms with E-state index in [1.807, 2.05) is 0 Å². The molecule has 0 unspecified atom stereocenters. The van der Waals surface area contributed by atoms with Gasteiger partial charge in [0.25, 0.3) is 11.8 Å². The molecule has 0 radical (unpaired) electrons. The van der Waals surface area contributed by atoms with Crippen molar-refractivity contribution < 1.29 is 33.8 Å². The summed E-state index contributed by atoms with van der Waals surface area (Å²) in [6, 6.07) is 10.4. The van der Waals surface area contributed by atoms with Gasteiger partial charge < -0.3 is 14.6 Å². The van der Waals surface area contributed by atoms with E-state index in [1.165, 1.54) is 37.5 Å². The van der Waals surface area contributed by atoms with Crippen molar-refractivity contribution in [1.29, 1.82) is 0 Å². The molecule has 0 saturated carbocycles. The molecule has 2 aromatic rings. The molecular formula is C21H15BrN2O7S. The Hall–Kier alpha value is -3.57. The molecule has 1 aliphatic heterocycles. The molecule has 0 atom stereocenters. The summed E-state index contributed by atoms with van der Waals surface area (Å²) < 4.78 is 10.3. The van der Waals surface area contributed by atoms with Crippen LogP contribution in [0.2, 0.25) is 0 Å². The molecule has 1 saturated heterocycles. The number of thiocarbonyl (C=S) groups is 1. The van der Waals surface area contributed by atoms with Crippen molar-refractivity contribution in [3.8, 4) is 5.75 Å². The monoisotopic (exact) mass is 518 g/mol. The van der Waals surface area contributed by atoms with Gasteiger partial charge in [0.05, 0.1) is 22.8 Å². The number of aromatic carboxylic acids is 1. The van der Waals surface area contributed by atoms with Crippen molar-refractivity contribution >= 4 is 68.8 Å². The summed E-state index contributed by atoms with van der Waals surface area (Å²) in [7, 11) is 1.25. The third-order valence-corrected chi connectivity index (χ3v) is 5.20. The highest BCUT2D eigenvalue weighted by Crippen LogP contribution is 2.28. The summed E-state index contributed by atoms with van der Waals surface area (Å²) >= 11 is 8.44. The number of rotatable bonds is 6. The van der Waals surface area contributed by atoms with Gasteiger partial charge in [-0.25, -0.2) is 9.59 Å². The van der Waals surface area contributed by atoms with Gasteiger partial charge in [-0.2, -0.15) is 0 Å². The molecule has 3 rings (SSSR count). The van der Waals surface area contributed by atoms with Gasteiger partial charge in [-0.3, -0.25) is 19.8 Å². The van der Waals surface area contributed by atoms with Gasteiger partial charge >= 0.3 is 11.9 Å². The van der Waals surface area contributed by atoms with Crippen molar-refractivity contribution in [1.82, 2.24) is 5.32 Å². The van der Waals surface area contributed by atoms with Gasteiger partial charge in [-0.1, -0.05) is 12.1 Å². The first kappa shape index (κ1) is 23.1. The SMILES string of the molecule is COC(=O)COc1ccc(C=C2C(=O)NC(=S)N(c3cccc(C(=O)O)c3)C2=O)cc1Br. The second kappa shape index (κ2) is 9.71. The van der Waals surface area contributed by atoms with E-state index in [9.17, 15) is 24.3 Å². The van der Waals surface area contributed by atoms with Crippen molar-refractivity contribution in [2.75, 3.05) is 18.6 Å². The number of benzene rings is 2. The van der Waals surface area contributed by atoms with Crippen LogP contribution in [0.25, 0.3) is 6.08 Å². The zero-order valence-corrected chi connectivity index (χ0v) is 18.9. The number of carboxylic acids is 1. The maximum atomic E-state index is 13.1. The van der Waals surface area contributed by atoms with Gasteiger partial charge in [0.1, 0.15) is 11.3 Å². The standard InChI is InChI=1S/C21H15BrN2O7S/c1-30-17(25)10-31-16-6-5-11(8-15(16)22)7-14-18(26)23-21(32)24(19(14)27)13-4-2-3-12(9-13)20(28)29/h2-9H,10H2,1H3,(H,28,29)(H,23,26,32). The molecule has 0 aromatic heterocycles. The molecule has 0 aliphatic carbocycles. The highest BCUT2D eigenvalue weighted by Gasteiger charge is 2.34. The number of hydrogen-bond acceptors (Lipinski definition) is 7. The molecule has 164 valence electrons. The average molecular weight is 519 g/mol. The highest BCUT2D eigenvalue weighted by atomic mass is 79.9. The number of ether oxygens (including phenoxy) is 2. The molecule has 2 amide bonds. The molecule has 0 bridgehead atoms. The number of methoxy groups -OCH3 is 1. The number of amides is 2. The number of carbonyl (C=O) groups excluding carboxylic acids is 3. The lowest BCUT2D eigenvalue weighted by Crippen LogP contribution is -2.54. The molecule has 1 aliphatic rings. The van der Waals surface area contributed by atoms with Crippen LogP contribution in [0.5, 0.6) is 5.75 Å². The number of carboxylic acid groups (broad SMARTS) is 1. The van der Waals surface area contributed by atoms with E-state index in [2.05, 4.69) is 26.0 Å². The van der Waals surface area contributed by atoms with Crippen LogP contribution < -0.4 is 15.0 Å². The maximum absolute atomic E-state index is 13.1. The van der Waals surface area contributed by atoms with Crippen LogP contribution in [-0.4, -0.2) is 47.7 Å². The van der Waals surface area contributed by atoms with Crippen molar-refractivity contribution in [2.24, 2.45) is 0 Å². The average Bonchev–Trinajstić information content (AvgIpc) is 2.75. The Morgan fingerprint density at radius 1 is 1.22 bits per heavy atom. The smallest absolute Gasteiger partial charge is 0.343 e. The number of anilines is 1. The number of nitrogens with zero attached hydrogens (tertiary/aromatic N) is 1. The summed E-state index contributed by atoms with van der Waals surface area (Å²) in [6.07, 6.45) is 1.36. The molecular weight excluding hydrogens is 504 g/mol. The van der Waals surface area contributed by atoms with E-state index in [4.69, 9.17) is 17.0 Å². The fraction of sp³-hybridized carbons (Fsp3) is 0.0952. The van der Waals surface area contributed by atoms with Gasteiger partial charge in [0, 0.05) is 0 Å². The number of nitrogens with one attached hydrogen (secondary N) is 1. The molecule has 32 heavy (non-hydrogen) atoms. The fourth-order valence-corrected chi connectivity index (χ4v) is 3.55. The number of halogens is 1. The second-order valence-corrected chi connectivity index (χ2v) is 7.61. The minimum atomic E-state index is -1.17. The summed E-state index contributed by atoms with van der Waals surface area (Å²) in [5, 5.41) is 11.5. The van der Waals surface area contributed by atoms with Crippen LogP contribution in [0.1, 0.15) is 15.9 Å². The first-order chi connectivity index (χ1) is 15.2. The van der Waals surface area contributed by atoms with Crippen LogP contribution in [-0.2, 0) is 19.1 Å². The zero-order chi connectivity index (χ0) is 23.4. The van der Waals surface area contributed by atoms with Gasteiger partial charge in [-0.15, -0.1) is 0 Å². The zero-order valence-electron chi connectivity index (χ0n) is 16.5.